The second kappa shape index (κ2) is 9.71. The molecule has 0 aliphatic heterocycles. The molecule has 3 aromatic heterocycles. The maximum absolute atomic E-state index is 9.66. The Balaban J connectivity index is 1.56. The molecule has 32 heavy (non-hydrogen) atoms. The van der Waals surface area contributed by atoms with Gasteiger partial charge in [-0.1, -0.05) is 44.2 Å². The molecule has 4 rings (SSSR count). The third kappa shape index (κ3) is 4.84. The van der Waals surface area contributed by atoms with Crippen LogP contribution in [0.25, 0.3) is 16.9 Å². The number of nitrogens with zero attached hydrogens (tertiary/aromatic N) is 5. The molecule has 4 N–H and O–H groups in total. The zero-order valence-corrected chi connectivity index (χ0v) is 18.1. The number of benzene rings is 1. The van der Waals surface area contributed by atoms with E-state index < -0.39 is 6.10 Å². The molecule has 1 aromatic carbocycles. The van der Waals surface area contributed by atoms with Gasteiger partial charge in [0.15, 0.2) is 5.65 Å². The first kappa shape index (κ1) is 21.7. The van der Waals surface area contributed by atoms with Gasteiger partial charge in [-0.05, 0) is 23.6 Å². The van der Waals surface area contributed by atoms with Crippen LogP contribution in [0.1, 0.15) is 30.9 Å². The number of aromatic nitrogens is 5. The molecule has 166 valence electrons. The molecule has 0 unspecified atom stereocenters. The van der Waals surface area contributed by atoms with Crippen molar-refractivity contribution in [3.05, 3.63) is 66.0 Å². The number of fused-ring (bicyclic) bond motifs is 1. The van der Waals surface area contributed by atoms with Crippen molar-refractivity contribution >= 4 is 17.5 Å². The summed E-state index contributed by atoms with van der Waals surface area (Å²) in [4.78, 5) is 13.5. The minimum absolute atomic E-state index is 0.145. The molecule has 1 atom stereocenters. The minimum atomic E-state index is -0.890. The zero-order valence-electron chi connectivity index (χ0n) is 18.1. The van der Waals surface area contributed by atoms with Crippen molar-refractivity contribution in [2.24, 2.45) is 0 Å². The summed E-state index contributed by atoms with van der Waals surface area (Å²) in [7, 11) is 0. The number of hydrogen-bond acceptors (Lipinski definition) is 8. The van der Waals surface area contributed by atoms with Crippen LogP contribution in [0.15, 0.2) is 54.9 Å². The molecule has 0 spiro atoms. The Bertz CT molecular complexity index is 1160. The molecule has 0 aliphatic carbocycles. The van der Waals surface area contributed by atoms with Crippen molar-refractivity contribution in [3.8, 4) is 11.3 Å². The Hall–Kier alpha value is -3.56. The lowest BCUT2D eigenvalue weighted by Crippen LogP contribution is -2.24. The molecule has 0 saturated carbocycles. The highest BCUT2D eigenvalue weighted by atomic mass is 16.3. The van der Waals surface area contributed by atoms with Crippen LogP contribution >= 0.6 is 0 Å². The number of aliphatic hydroxyl groups is 2. The van der Waals surface area contributed by atoms with Crippen molar-refractivity contribution in [1.82, 2.24) is 24.6 Å². The summed E-state index contributed by atoms with van der Waals surface area (Å²) in [6.07, 6.45) is 2.69. The van der Waals surface area contributed by atoms with Crippen LogP contribution in [0.5, 0.6) is 0 Å². The number of hydrogen-bond donors (Lipinski definition) is 4. The molecule has 9 heteroatoms. The molecule has 4 aromatic rings. The van der Waals surface area contributed by atoms with E-state index in [-0.39, 0.29) is 19.1 Å². The lowest BCUT2D eigenvalue weighted by atomic mass is 10.1. The average Bonchev–Trinajstić information content (AvgIpc) is 3.26. The normalized spacial score (nSPS) is 12.3. The summed E-state index contributed by atoms with van der Waals surface area (Å²) in [5.41, 5.74) is 4.77. The molecule has 0 radical (unpaired) electrons. The van der Waals surface area contributed by atoms with Gasteiger partial charge >= 0.3 is 0 Å². The highest BCUT2D eigenvalue weighted by molar-refractivity contribution is 5.59. The summed E-state index contributed by atoms with van der Waals surface area (Å²) in [6.45, 7) is 4.52. The van der Waals surface area contributed by atoms with Gasteiger partial charge in [0.1, 0.15) is 0 Å². The van der Waals surface area contributed by atoms with Crippen molar-refractivity contribution in [2.75, 3.05) is 23.8 Å². The molecule has 0 amide bonds. The van der Waals surface area contributed by atoms with Gasteiger partial charge in [0.05, 0.1) is 24.6 Å². The van der Waals surface area contributed by atoms with Gasteiger partial charge in [-0.25, -0.2) is 0 Å². The summed E-state index contributed by atoms with van der Waals surface area (Å²) < 4.78 is 1.69. The summed E-state index contributed by atoms with van der Waals surface area (Å²) in [5.74, 6) is 1.14. The standard InChI is InChI=1S/C23H27N7O2/c1-15(2)19-13-27-30-21(19)28-22(25-12-18(32)14-31)29-23(30)26-11-16-6-8-17(9-7-16)20-5-3-4-10-24-20/h3-10,13,15,18,31-32H,11-12,14H2,1-2H3,(H2,25,26,28,29)/t18-/m1/s1. The highest BCUT2D eigenvalue weighted by Gasteiger charge is 2.15. The minimum Gasteiger partial charge on any atom is -0.394 e. The van der Waals surface area contributed by atoms with Gasteiger partial charge in [-0.2, -0.15) is 19.6 Å². The van der Waals surface area contributed by atoms with Gasteiger partial charge in [-0.15, -0.1) is 0 Å². The fraction of sp³-hybridized carbons (Fsp3) is 0.304. The molecule has 0 saturated heterocycles. The lowest BCUT2D eigenvalue weighted by molar-refractivity contribution is 0.105. The van der Waals surface area contributed by atoms with E-state index in [1.165, 1.54) is 0 Å². The smallest absolute Gasteiger partial charge is 0.229 e. The van der Waals surface area contributed by atoms with E-state index in [2.05, 4.69) is 56.7 Å². The Morgan fingerprint density at radius 3 is 2.53 bits per heavy atom. The van der Waals surface area contributed by atoms with Crippen molar-refractivity contribution in [2.45, 2.75) is 32.4 Å². The van der Waals surface area contributed by atoms with E-state index >= 15 is 0 Å². The van der Waals surface area contributed by atoms with E-state index in [1.54, 1.807) is 16.9 Å². The van der Waals surface area contributed by atoms with E-state index in [0.717, 1.165) is 22.4 Å². The predicted octanol–water partition coefficient (Wildman–Crippen LogP) is 2.69. The molecule has 9 nitrogen and oxygen atoms in total. The van der Waals surface area contributed by atoms with Crippen molar-refractivity contribution < 1.29 is 10.2 Å². The third-order valence-electron chi connectivity index (χ3n) is 5.09. The van der Waals surface area contributed by atoms with Crippen molar-refractivity contribution in [3.63, 3.8) is 0 Å². The fourth-order valence-electron chi connectivity index (χ4n) is 3.28. The van der Waals surface area contributed by atoms with Crippen LogP contribution in [0.3, 0.4) is 0 Å². The summed E-state index contributed by atoms with van der Waals surface area (Å²) in [6, 6.07) is 14.0. The Morgan fingerprint density at radius 1 is 1.03 bits per heavy atom. The first-order chi connectivity index (χ1) is 15.5. The first-order valence-corrected chi connectivity index (χ1v) is 10.6. The first-order valence-electron chi connectivity index (χ1n) is 10.6. The summed E-state index contributed by atoms with van der Waals surface area (Å²) in [5, 5.41) is 29.5. The van der Waals surface area contributed by atoms with E-state index in [0.29, 0.717) is 24.1 Å². The topological polar surface area (TPSA) is 120 Å². The molecule has 0 bridgehead atoms. The molecule has 0 fully saturated rings. The van der Waals surface area contributed by atoms with E-state index in [4.69, 9.17) is 5.11 Å². The number of nitrogens with one attached hydrogen (secondary N) is 2. The van der Waals surface area contributed by atoms with Crippen LogP contribution in [0.2, 0.25) is 0 Å². The van der Waals surface area contributed by atoms with Crippen LogP contribution in [0, 0.1) is 0 Å². The zero-order chi connectivity index (χ0) is 22.5. The predicted molar refractivity (Wildman–Crippen MR) is 123 cm³/mol. The summed E-state index contributed by atoms with van der Waals surface area (Å²) >= 11 is 0. The number of rotatable bonds is 9. The van der Waals surface area contributed by atoms with Gasteiger partial charge < -0.3 is 20.8 Å². The Morgan fingerprint density at radius 2 is 1.84 bits per heavy atom. The van der Waals surface area contributed by atoms with Crippen LogP contribution in [-0.4, -0.2) is 54.0 Å². The van der Waals surface area contributed by atoms with Crippen LogP contribution in [0.4, 0.5) is 11.9 Å². The number of anilines is 2. The van der Waals surface area contributed by atoms with Gasteiger partial charge in [0.2, 0.25) is 11.9 Å². The SMILES string of the molecule is CC(C)c1cnn2c(NCc3ccc(-c4ccccn4)cc3)nc(NC[C@@H](O)CO)nc12. The van der Waals surface area contributed by atoms with Gasteiger partial charge in [0, 0.05) is 30.4 Å². The third-order valence-corrected chi connectivity index (χ3v) is 5.09. The molecule has 0 aliphatic rings. The molecule has 3 heterocycles. The van der Waals surface area contributed by atoms with E-state index in [1.807, 2.05) is 30.3 Å². The number of pyridine rings is 1. The maximum Gasteiger partial charge on any atom is 0.229 e. The quantitative estimate of drug-likeness (QED) is 0.318. The molecular weight excluding hydrogens is 406 g/mol. The Labute approximate surface area is 186 Å². The second-order valence-corrected chi connectivity index (χ2v) is 7.84. The fourth-order valence-corrected chi connectivity index (χ4v) is 3.28. The largest absolute Gasteiger partial charge is 0.394 e. The van der Waals surface area contributed by atoms with E-state index in [9.17, 15) is 5.11 Å². The van der Waals surface area contributed by atoms with Crippen LogP contribution in [-0.2, 0) is 6.54 Å². The average molecular weight is 434 g/mol. The lowest BCUT2D eigenvalue weighted by Gasteiger charge is -2.13. The molecular formula is C23H27N7O2. The maximum atomic E-state index is 9.66. The number of aliphatic hydroxyl groups excluding tert-OH is 2. The monoisotopic (exact) mass is 433 g/mol. The Kier molecular flexibility index (Phi) is 6.58. The van der Waals surface area contributed by atoms with Crippen LogP contribution < -0.4 is 10.6 Å². The highest BCUT2D eigenvalue weighted by Crippen LogP contribution is 2.23. The van der Waals surface area contributed by atoms with Gasteiger partial charge in [0.25, 0.3) is 0 Å². The second-order valence-electron chi connectivity index (χ2n) is 7.84. The van der Waals surface area contributed by atoms with Crippen molar-refractivity contribution in [1.29, 1.82) is 0 Å². The van der Waals surface area contributed by atoms with Gasteiger partial charge in [-0.3, -0.25) is 4.98 Å².